The Bertz CT molecular complexity index is 1020. The van der Waals surface area contributed by atoms with Crippen molar-refractivity contribution in [2.24, 2.45) is 0 Å². The molecule has 2 aliphatic heterocycles. The summed E-state index contributed by atoms with van der Waals surface area (Å²) in [6, 6.07) is 13.3. The van der Waals surface area contributed by atoms with E-state index in [4.69, 9.17) is 0 Å². The molecule has 0 aliphatic carbocycles. The SMILES string of the molecule is O=C(c1cccc(CN2C(=O)c3ccccc3C2=O)c1)N1CCCN(CC(F)(F)F)CC1. The number of fused-ring (bicyclic) bond motifs is 1. The molecule has 0 atom stereocenters. The molecule has 0 unspecified atom stereocenters. The third kappa shape index (κ3) is 4.67. The lowest BCUT2D eigenvalue weighted by Gasteiger charge is -2.23. The lowest BCUT2D eigenvalue weighted by atomic mass is 10.1. The molecule has 1 saturated heterocycles. The molecule has 1 fully saturated rings. The molecule has 168 valence electrons. The van der Waals surface area contributed by atoms with Crippen LogP contribution in [0.5, 0.6) is 0 Å². The van der Waals surface area contributed by atoms with Gasteiger partial charge in [0.2, 0.25) is 0 Å². The molecule has 0 radical (unpaired) electrons. The van der Waals surface area contributed by atoms with Gasteiger partial charge in [-0.1, -0.05) is 24.3 Å². The maximum atomic E-state index is 13.0. The number of carbonyl (C=O) groups excluding carboxylic acids is 3. The number of amides is 3. The maximum absolute atomic E-state index is 13.0. The highest BCUT2D eigenvalue weighted by Crippen LogP contribution is 2.25. The average molecular weight is 445 g/mol. The van der Waals surface area contributed by atoms with Gasteiger partial charge in [-0.2, -0.15) is 13.2 Å². The predicted molar refractivity (Wildman–Crippen MR) is 110 cm³/mol. The number of hydrogen-bond donors (Lipinski definition) is 0. The zero-order valence-corrected chi connectivity index (χ0v) is 17.3. The first-order valence-electron chi connectivity index (χ1n) is 10.4. The van der Waals surface area contributed by atoms with Gasteiger partial charge in [0, 0.05) is 31.7 Å². The fraction of sp³-hybridized carbons (Fsp3) is 0.348. The van der Waals surface area contributed by atoms with E-state index in [1.807, 2.05) is 0 Å². The van der Waals surface area contributed by atoms with Crippen molar-refractivity contribution >= 4 is 17.7 Å². The summed E-state index contributed by atoms with van der Waals surface area (Å²) in [5.41, 5.74) is 1.72. The van der Waals surface area contributed by atoms with Crippen LogP contribution in [0, 0.1) is 0 Å². The van der Waals surface area contributed by atoms with Crippen LogP contribution >= 0.6 is 0 Å². The van der Waals surface area contributed by atoms with E-state index in [1.165, 1.54) is 4.90 Å². The Morgan fingerprint density at radius 2 is 1.56 bits per heavy atom. The fourth-order valence-electron chi connectivity index (χ4n) is 4.14. The van der Waals surface area contributed by atoms with E-state index in [9.17, 15) is 27.6 Å². The van der Waals surface area contributed by atoms with Crippen molar-refractivity contribution in [3.63, 3.8) is 0 Å². The summed E-state index contributed by atoms with van der Waals surface area (Å²) in [5, 5.41) is 0. The predicted octanol–water partition coefficient (Wildman–Crippen LogP) is 3.19. The molecule has 0 spiro atoms. The molecule has 2 aromatic rings. The zero-order valence-electron chi connectivity index (χ0n) is 17.3. The largest absolute Gasteiger partial charge is 0.401 e. The number of carbonyl (C=O) groups is 3. The molecule has 2 aromatic carbocycles. The Morgan fingerprint density at radius 3 is 2.22 bits per heavy atom. The first kappa shape index (κ1) is 22.0. The highest BCUT2D eigenvalue weighted by atomic mass is 19.4. The molecule has 0 aromatic heterocycles. The van der Waals surface area contributed by atoms with Crippen molar-refractivity contribution in [3.8, 4) is 0 Å². The van der Waals surface area contributed by atoms with Crippen LogP contribution in [0.3, 0.4) is 0 Å². The zero-order chi connectivity index (χ0) is 22.9. The molecule has 0 saturated carbocycles. The lowest BCUT2D eigenvalue weighted by Crippen LogP contribution is -2.38. The van der Waals surface area contributed by atoms with E-state index in [2.05, 4.69) is 0 Å². The van der Waals surface area contributed by atoms with E-state index in [0.29, 0.717) is 35.2 Å². The Hall–Kier alpha value is -3.20. The number of rotatable bonds is 4. The van der Waals surface area contributed by atoms with Crippen LogP contribution in [0.15, 0.2) is 48.5 Å². The van der Waals surface area contributed by atoms with Gasteiger partial charge in [0.05, 0.1) is 24.2 Å². The number of halogens is 3. The standard InChI is InChI=1S/C23H22F3N3O3/c24-23(25,26)15-27-9-4-10-28(12-11-27)20(30)17-6-3-5-16(13-17)14-29-21(31)18-7-1-2-8-19(18)22(29)32/h1-3,5-8,13H,4,9-12,14-15H2. The number of hydrogen-bond acceptors (Lipinski definition) is 4. The quantitative estimate of drug-likeness (QED) is 0.679. The summed E-state index contributed by atoms with van der Waals surface area (Å²) in [6.07, 6.45) is -3.81. The van der Waals surface area contributed by atoms with Crippen LogP contribution in [0.4, 0.5) is 13.2 Å². The third-order valence-electron chi connectivity index (χ3n) is 5.67. The van der Waals surface area contributed by atoms with Gasteiger partial charge in [-0.15, -0.1) is 0 Å². The minimum Gasteiger partial charge on any atom is -0.337 e. The topological polar surface area (TPSA) is 60.9 Å². The molecule has 6 nitrogen and oxygen atoms in total. The third-order valence-corrected chi connectivity index (χ3v) is 5.67. The van der Waals surface area contributed by atoms with Gasteiger partial charge in [-0.3, -0.25) is 24.2 Å². The first-order chi connectivity index (χ1) is 15.2. The highest BCUT2D eigenvalue weighted by molar-refractivity contribution is 6.21. The van der Waals surface area contributed by atoms with E-state index >= 15 is 0 Å². The summed E-state index contributed by atoms with van der Waals surface area (Å²) in [6.45, 7) is 0.0635. The number of imide groups is 1. The monoisotopic (exact) mass is 445 g/mol. The molecule has 2 heterocycles. The number of benzene rings is 2. The van der Waals surface area contributed by atoms with Crippen LogP contribution in [0.2, 0.25) is 0 Å². The summed E-state index contributed by atoms with van der Waals surface area (Å²) in [5.74, 6) is -1.03. The molecule has 32 heavy (non-hydrogen) atoms. The van der Waals surface area contributed by atoms with Crippen molar-refractivity contribution in [1.29, 1.82) is 0 Å². The minimum atomic E-state index is -4.27. The van der Waals surface area contributed by atoms with E-state index in [0.717, 1.165) is 4.90 Å². The Labute approximate surface area is 183 Å². The van der Waals surface area contributed by atoms with Crippen LogP contribution in [0.25, 0.3) is 0 Å². The fourth-order valence-corrected chi connectivity index (χ4v) is 4.14. The smallest absolute Gasteiger partial charge is 0.337 e. The lowest BCUT2D eigenvalue weighted by molar-refractivity contribution is -0.145. The van der Waals surface area contributed by atoms with Gasteiger partial charge in [0.1, 0.15) is 0 Å². The number of nitrogens with zero attached hydrogens (tertiary/aromatic N) is 3. The minimum absolute atomic E-state index is 0.0346. The summed E-state index contributed by atoms with van der Waals surface area (Å²) >= 11 is 0. The van der Waals surface area contributed by atoms with E-state index < -0.39 is 12.7 Å². The molecule has 3 amide bonds. The highest BCUT2D eigenvalue weighted by Gasteiger charge is 2.35. The molecule has 9 heteroatoms. The molecule has 0 N–H and O–H groups in total. The van der Waals surface area contributed by atoms with Gasteiger partial charge >= 0.3 is 6.18 Å². The second-order valence-corrected chi connectivity index (χ2v) is 7.98. The Morgan fingerprint density at radius 1 is 0.875 bits per heavy atom. The van der Waals surface area contributed by atoms with Crippen molar-refractivity contribution < 1.29 is 27.6 Å². The Balaban J connectivity index is 1.44. The van der Waals surface area contributed by atoms with Gasteiger partial charge < -0.3 is 4.90 Å². The van der Waals surface area contributed by atoms with Gasteiger partial charge in [-0.05, 0) is 36.2 Å². The normalized spacial score (nSPS) is 17.5. The van der Waals surface area contributed by atoms with E-state index in [1.54, 1.807) is 53.4 Å². The second kappa shape index (κ2) is 8.74. The maximum Gasteiger partial charge on any atom is 0.401 e. The van der Waals surface area contributed by atoms with Crippen LogP contribution in [-0.2, 0) is 6.54 Å². The van der Waals surface area contributed by atoms with Crippen molar-refractivity contribution in [2.75, 3.05) is 32.7 Å². The molecule has 4 rings (SSSR count). The van der Waals surface area contributed by atoms with Crippen LogP contribution in [0.1, 0.15) is 43.1 Å². The first-order valence-corrected chi connectivity index (χ1v) is 10.4. The summed E-state index contributed by atoms with van der Waals surface area (Å²) in [4.78, 5) is 42.2. The Kier molecular flexibility index (Phi) is 6.01. The van der Waals surface area contributed by atoms with Crippen LogP contribution < -0.4 is 0 Å². The molecular formula is C23H22F3N3O3. The van der Waals surface area contributed by atoms with Gasteiger partial charge in [0.15, 0.2) is 0 Å². The van der Waals surface area contributed by atoms with Crippen molar-refractivity contribution in [1.82, 2.24) is 14.7 Å². The number of alkyl halides is 3. The summed E-state index contributed by atoms with van der Waals surface area (Å²) < 4.78 is 38.0. The van der Waals surface area contributed by atoms with Gasteiger partial charge in [-0.25, -0.2) is 0 Å². The van der Waals surface area contributed by atoms with Gasteiger partial charge in [0.25, 0.3) is 17.7 Å². The van der Waals surface area contributed by atoms with Crippen molar-refractivity contribution in [3.05, 3.63) is 70.8 Å². The average Bonchev–Trinajstić information content (AvgIpc) is 2.90. The van der Waals surface area contributed by atoms with Crippen LogP contribution in [-0.4, -0.2) is 71.3 Å². The van der Waals surface area contributed by atoms with Crippen molar-refractivity contribution in [2.45, 2.75) is 19.1 Å². The molecule has 2 aliphatic rings. The second-order valence-electron chi connectivity index (χ2n) is 7.98. The summed E-state index contributed by atoms with van der Waals surface area (Å²) in [7, 11) is 0. The van der Waals surface area contributed by atoms with E-state index in [-0.39, 0.29) is 43.9 Å². The molecule has 0 bridgehead atoms. The molecular weight excluding hydrogens is 423 g/mol.